The van der Waals surface area contributed by atoms with E-state index in [0.29, 0.717) is 0 Å². The molecule has 0 amide bonds. The Kier molecular flexibility index (Phi) is 2.51. The van der Waals surface area contributed by atoms with Crippen LogP contribution in [-0.4, -0.2) is 0 Å². The summed E-state index contributed by atoms with van der Waals surface area (Å²) in [6.07, 6.45) is 0. The van der Waals surface area contributed by atoms with E-state index in [9.17, 15) is 0 Å². The molecule has 2 heteroatoms. The Morgan fingerprint density at radius 1 is 0.462 bits per heavy atom. The van der Waals surface area contributed by atoms with Gasteiger partial charge in [0, 0.05) is 21.5 Å². The molecule has 2 nitrogen and oxygen atoms in total. The van der Waals surface area contributed by atoms with Crippen molar-refractivity contribution >= 4 is 54.6 Å². The Morgan fingerprint density at radius 2 is 0.885 bits per heavy atom. The monoisotopic (exact) mass is 336 g/mol. The predicted octanol–water partition coefficient (Wildman–Crippen LogP) is 7.26. The first-order valence-electron chi connectivity index (χ1n) is 8.85. The molecule has 124 valence electrons. The van der Waals surface area contributed by atoms with Gasteiger partial charge in [-0.3, -0.25) is 0 Å². The Hall–Kier alpha value is -3.26. The van der Waals surface area contributed by atoms with Gasteiger partial charge in [0.2, 0.25) is 0 Å². The van der Waals surface area contributed by atoms with E-state index in [4.69, 9.17) is 8.83 Å². The lowest BCUT2D eigenvalue weighted by Crippen LogP contribution is -1.75. The molecule has 26 heavy (non-hydrogen) atoms. The summed E-state index contributed by atoms with van der Waals surface area (Å²) in [6.45, 7) is 4.17. The quantitative estimate of drug-likeness (QED) is 0.292. The molecule has 6 rings (SSSR count). The fourth-order valence-corrected chi connectivity index (χ4v) is 4.01. The molecule has 0 aliphatic heterocycles. The minimum atomic E-state index is 0.932. The maximum absolute atomic E-state index is 6.11. The van der Waals surface area contributed by atoms with Crippen molar-refractivity contribution in [1.82, 2.24) is 0 Å². The van der Waals surface area contributed by atoms with Crippen LogP contribution in [0.4, 0.5) is 0 Å². The van der Waals surface area contributed by atoms with E-state index in [-0.39, 0.29) is 0 Å². The van der Waals surface area contributed by atoms with Crippen LogP contribution in [0.25, 0.3) is 54.6 Å². The predicted molar refractivity (Wildman–Crippen MR) is 108 cm³/mol. The number of benzene rings is 4. The van der Waals surface area contributed by atoms with E-state index in [1.54, 1.807) is 0 Å². The van der Waals surface area contributed by atoms with Crippen molar-refractivity contribution < 1.29 is 8.83 Å². The maximum Gasteiger partial charge on any atom is 0.136 e. The summed E-state index contributed by atoms with van der Waals surface area (Å²) in [6, 6.07) is 21.5. The molecule has 0 bridgehead atoms. The van der Waals surface area contributed by atoms with Gasteiger partial charge in [0.25, 0.3) is 0 Å². The molecule has 6 aromatic rings. The minimum Gasteiger partial charge on any atom is -0.456 e. The number of fused-ring (bicyclic) bond motifs is 7. The smallest absolute Gasteiger partial charge is 0.136 e. The van der Waals surface area contributed by atoms with Crippen LogP contribution < -0.4 is 0 Å². The Morgan fingerprint density at radius 3 is 1.35 bits per heavy atom. The summed E-state index contributed by atoms with van der Waals surface area (Å²) in [5.41, 5.74) is 6.17. The van der Waals surface area contributed by atoms with Crippen LogP contribution in [0.5, 0.6) is 0 Å². The first-order chi connectivity index (χ1) is 12.7. The van der Waals surface area contributed by atoms with Crippen LogP contribution in [0.2, 0.25) is 0 Å². The van der Waals surface area contributed by atoms with E-state index < -0.39 is 0 Å². The highest BCUT2D eigenvalue weighted by atomic mass is 16.3. The Labute approximate surface area is 149 Å². The molecule has 4 aromatic carbocycles. The zero-order chi connectivity index (χ0) is 17.4. The van der Waals surface area contributed by atoms with Gasteiger partial charge >= 0.3 is 0 Å². The third-order valence-corrected chi connectivity index (χ3v) is 5.33. The lowest BCUT2D eigenvalue weighted by molar-refractivity contribution is 0.668. The number of furan rings is 2. The van der Waals surface area contributed by atoms with Gasteiger partial charge in [-0.15, -0.1) is 0 Å². The molecule has 0 aliphatic rings. The van der Waals surface area contributed by atoms with Crippen molar-refractivity contribution in [3.63, 3.8) is 0 Å². The van der Waals surface area contributed by atoms with Crippen molar-refractivity contribution in [2.75, 3.05) is 0 Å². The van der Waals surface area contributed by atoms with E-state index in [2.05, 4.69) is 74.5 Å². The number of rotatable bonds is 0. The van der Waals surface area contributed by atoms with Gasteiger partial charge in [-0.1, -0.05) is 24.3 Å². The van der Waals surface area contributed by atoms with Crippen molar-refractivity contribution in [3.8, 4) is 0 Å². The number of hydrogen-bond donors (Lipinski definition) is 0. The summed E-state index contributed by atoms with van der Waals surface area (Å²) in [5, 5.41) is 6.96. The topological polar surface area (TPSA) is 26.3 Å². The van der Waals surface area contributed by atoms with Crippen molar-refractivity contribution in [2.45, 2.75) is 13.8 Å². The fourth-order valence-electron chi connectivity index (χ4n) is 4.01. The van der Waals surface area contributed by atoms with E-state index in [1.165, 1.54) is 21.9 Å². The fraction of sp³-hybridized carbons (Fsp3) is 0.0833. The first kappa shape index (κ1) is 14.0. The van der Waals surface area contributed by atoms with E-state index in [0.717, 1.165) is 43.9 Å². The lowest BCUT2D eigenvalue weighted by atomic mass is 10.0. The largest absolute Gasteiger partial charge is 0.456 e. The number of hydrogen-bond acceptors (Lipinski definition) is 2. The lowest BCUT2D eigenvalue weighted by Gasteiger charge is -1.99. The highest BCUT2D eigenvalue weighted by molar-refractivity contribution is 6.15. The molecule has 0 radical (unpaired) electrons. The molecule has 0 atom stereocenters. The zero-order valence-electron chi connectivity index (χ0n) is 14.6. The average Bonchev–Trinajstić information content (AvgIpc) is 3.13. The first-order valence-corrected chi connectivity index (χ1v) is 8.85. The van der Waals surface area contributed by atoms with Gasteiger partial charge < -0.3 is 8.83 Å². The molecule has 0 N–H and O–H groups in total. The van der Waals surface area contributed by atoms with Crippen molar-refractivity contribution in [2.24, 2.45) is 0 Å². The normalized spacial score (nSPS) is 12.2. The number of aryl methyl sites for hydroxylation is 2. The maximum atomic E-state index is 6.11. The average molecular weight is 336 g/mol. The second-order valence-corrected chi connectivity index (χ2v) is 7.25. The molecule has 2 heterocycles. The van der Waals surface area contributed by atoms with Gasteiger partial charge in [-0.25, -0.2) is 0 Å². The molecule has 0 saturated carbocycles. The van der Waals surface area contributed by atoms with Gasteiger partial charge in [0.1, 0.15) is 22.3 Å². The third kappa shape index (κ3) is 1.81. The summed E-state index contributed by atoms with van der Waals surface area (Å²) in [7, 11) is 0. The second-order valence-electron chi connectivity index (χ2n) is 7.25. The van der Waals surface area contributed by atoms with Crippen molar-refractivity contribution in [3.05, 3.63) is 71.8 Å². The standard InChI is InChI=1S/C24H16O2/c1-13-3-5-17-19-9-15-12-24-20(18-6-4-14(2)8-22(18)26-24)10-16(15)11-23(19)25-21(17)7-13/h3-12H,1-2H3. The molecule has 0 unspecified atom stereocenters. The van der Waals surface area contributed by atoms with E-state index in [1.807, 2.05) is 0 Å². The van der Waals surface area contributed by atoms with Crippen LogP contribution >= 0.6 is 0 Å². The van der Waals surface area contributed by atoms with Gasteiger partial charge in [0.05, 0.1) is 0 Å². The molecule has 0 spiro atoms. The van der Waals surface area contributed by atoms with Crippen LogP contribution in [0.15, 0.2) is 69.5 Å². The van der Waals surface area contributed by atoms with Crippen LogP contribution in [0.3, 0.4) is 0 Å². The zero-order valence-corrected chi connectivity index (χ0v) is 14.6. The molecular formula is C24H16O2. The molecule has 0 fully saturated rings. The Balaban J connectivity index is 1.75. The summed E-state index contributed by atoms with van der Waals surface area (Å²) in [5.74, 6) is 0. The van der Waals surface area contributed by atoms with Gasteiger partial charge in [0.15, 0.2) is 0 Å². The summed E-state index contributed by atoms with van der Waals surface area (Å²) >= 11 is 0. The molecule has 0 saturated heterocycles. The van der Waals surface area contributed by atoms with Crippen LogP contribution in [0, 0.1) is 13.8 Å². The minimum absolute atomic E-state index is 0.932. The SMILES string of the molecule is Cc1ccc2c(c1)oc1cc3cc4c(cc3cc12)oc1cc(C)ccc14. The molecular weight excluding hydrogens is 320 g/mol. The van der Waals surface area contributed by atoms with Crippen LogP contribution in [0.1, 0.15) is 11.1 Å². The van der Waals surface area contributed by atoms with Crippen molar-refractivity contribution in [1.29, 1.82) is 0 Å². The van der Waals surface area contributed by atoms with Crippen LogP contribution in [-0.2, 0) is 0 Å². The van der Waals surface area contributed by atoms with E-state index >= 15 is 0 Å². The summed E-state index contributed by atoms with van der Waals surface area (Å²) < 4.78 is 12.2. The molecule has 0 aliphatic carbocycles. The molecule has 2 aromatic heterocycles. The summed E-state index contributed by atoms with van der Waals surface area (Å²) in [4.78, 5) is 0. The highest BCUT2D eigenvalue weighted by Crippen LogP contribution is 2.36. The second kappa shape index (κ2) is 4.67. The van der Waals surface area contributed by atoms with Gasteiger partial charge in [-0.2, -0.15) is 0 Å². The highest BCUT2D eigenvalue weighted by Gasteiger charge is 2.12. The third-order valence-electron chi connectivity index (χ3n) is 5.33. The van der Waals surface area contributed by atoms with Gasteiger partial charge in [-0.05, 0) is 72.1 Å². The Bertz CT molecular complexity index is 1380.